The molecule has 0 aliphatic carbocycles. The molecule has 0 aliphatic heterocycles. The van der Waals surface area contributed by atoms with E-state index in [9.17, 15) is 4.39 Å². The number of hydrogen-bond acceptors (Lipinski definition) is 2. The molecule has 0 atom stereocenters. The third-order valence-corrected chi connectivity index (χ3v) is 2.96. The number of anilines is 1. The summed E-state index contributed by atoms with van der Waals surface area (Å²) in [5.74, 6) is -0.213. The van der Waals surface area contributed by atoms with Crippen molar-refractivity contribution in [3.63, 3.8) is 0 Å². The predicted octanol–water partition coefficient (Wildman–Crippen LogP) is 3.36. The normalized spacial score (nSPS) is 10.4. The van der Waals surface area contributed by atoms with Crippen molar-refractivity contribution in [2.24, 2.45) is 0 Å². The van der Waals surface area contributed by atoms with Crippen LogP contribution in [0.5, 0.6) is 0 Å². The van der Waals surface area contributed by atoms with Gasteiger partial charge in [-0.1, -0.05) is 24.3 Å². The smallest absolute Gasteiger partial charge is 0.123 e. The van der Waals surface area contributed by atoms with Crippen LogP contribution in [-0.4, -0.2) is 11.7 Å². The van der Waals surface area contributed by atoms with Crippen LogP contribution < -0.4 is 5.32 Å². The lowest BCUT2D eigenvalue weighted by atomic mass is 10.1. The van der Waals surface area contributed by atoms with Gasteiger partial charge in [-0.05, 0) is 48.2 Å². The quantitative estimate of drug-likeness (QED) is 0.833. The highest BCUT2D eigenvalue weighted by Gasteiger charge is 1.97. The van der Waals surface area contributed by atoms with E-state index in [1.54, 1.807) is 12.1 Å². The molecule has 2 nitrogen and oxygen atoms in total. The molecule has 2 aromatic rings. The van der Waals surface area contributed by atoms with Crippen molar-refractivity contribution in [3.05, 3.63) is 65.5 Å². The molecule has 100 valence electrons. The lowest BCUT2D eigenvalue weighted by molar-refractivity contribution is 0.288. The summed E-state index contributed by atoms with van der Waals surface area (Å²) < 4.78 is 12.8. The molecule has 2 aromatic carbocycles. The topological polar surface area (TPSA) is 32.3 Å². The average molecular weight is 259 g/mol. The van der Waals surface area contributed by atoms with E-state index in [0.29, 0.717) is 6.54 Å². The molecule has 2 N–H and O–H groups in total. The zero-order valence-corrected chi connectivity index (χ0v) is 10.8. The van der Waals surface area contributed by atoms with Crippen LogP contribution >= 0.6 is 0 Å². The molecular formula is C16H18FNO. The maximum absolute atomic E-state index is 12.8. The van der Waals surface area contributed by atoms with Gasteiger partial charge in [-0.25, -0.2) is 4.39 Å². The van der Waals surface area contributed by atoms with Crippen molar-refractivity contribution in [3.8, 4) is 0 Å². The number of aliphatic hydroxyl groups is 1. The number of halogens is 1. The van der Waals surface area contributed by atoms with Crippen molar-refractivity contribution < 1.29 is 9.50 Å². The van der Waals surface area contributed by atoms with Gasteiger partial charge in [0, 0.05) is 18.8 Å². The van der Waals surface area contributed by atoms with Crippen LogP contribution in [0.25, 0.3) is 0 Å². The summed E-state index contributed by atoms with van der Waals surface area (Å²) in [6.45, 7) is 0.886. The van der Waals surface area contributed by atoms with Gasteiger partial charge in [0.15, 0.2) is 0 Å². The third kappa shape index (κ3) is 4.38. The Labute approximate surface area is 112 Å². The molecule has 0 spiro atoms. The van der Waals surface area contributed by atoms with Crippen molar-refractivity contribution in [1.82, 2.24) is 0 Å². The Morgan fingerprint density at radius 3 is 2.53 bits per heavy atom. The molecule has 3 heteroatoms. The number of aryl methyl sites for hydroxylation is 1. The summed E-state index contributed by atoms with van der Waals surface area (Å²) in [6.07, 6.45) is 1.66. The van der Waals surface area contributed by atoms with E-state index in [0.717, 1.165) is 24.1 Å². The fraction of sp³-hybridized carbons (Fsp3) is 0.250. The maximum Gasteiger partial charge on any atom is 0.123 e. The van der Waals surface area contributed by atoms with E-state index in [2.05, 4.69) is 17.4 Å². The second kappa shape index (κ2) is 6.90. The fourth-order valence-corrected chi connectivity index (χ4v) is 1.93. The number of benzene rings is 2. The number of rotatable bonds is 6. The molecule has 19 heavy (non-hydrogen) atoms. The molecule has 2 rings (SSSR count). The molecule has 0 amide bonds. The summed E-state index contributed by atoms with van der Waals surface area (Å²) in [5, 5.41) is 12.1. The molecule has 0 aromatic heterocycles. The van der Waals surface area contributed by atoms with Crippen LogP contribution in [0.15, 0.2) is 48.5 Å². The van der Waals surface area contributed by atoms with Crippen molar-refractivity contribution in [2.75, 3.05) is 11.9 Å². The Hall–Kier alpha value is -1.87. The second-order valence-electron chi connectivity index (χ2n) is 4.51. The van der Waals surface area contributed by atoms with E-state index >= 15 is 0 Å². The van der Waals surface area contributed by atoms with Crippen LogP contribution in [0.1, 0.15) is 17.5 Å². The minimum Gasteiger partial charge on any atom is -0.396 e. The first-order chi connectivity index (χ1) is 9.28. The summed E-state index contributed by atoms with van der Waals surface area (Å²) in [5.41, 5.74) is 3.29. The van der Waals surface area contributed by atoms with Crippen molar-refractivity contribution in [1.29, 1.82) is 0 Å². The Morgan fingerprint density at radius 1 is 1.00 bits per heavy atom. The SMILES string of the molecule is OCCCc1cccc(NCc2ccc(F)cc2)c1. The molecule has 0 saturated heterocycles. The van der Waals surface area contributed by atoms with Gasteiger partial charge < -0.3 is 10.4 Å². The number of hydrogen-bond donors (Lipinski definition) is 2. The van der Waals surface area contributed by atoms with E-state index in [1.165, 1.54) is 17.7 Å². The lowest BCUT2D eigenvalue weighted by Gasteiger charge is -2.08. The Morgan fingerprint density at radius 2 is 1.79 bits per heavy atom. The standard InChI is InChI=1S/C16H18FNO/c17-15-8-6-14(7-9-15)12-18-16-5-1-3-13(11-16)4-2-10-19/h1,3,5-9,11,18-19H,2,4,10,12H2. The van der Waals surface area contributed by atoms with E-state index in [4.69, 9.17) is 5.11 Å². The zero-order chi connectivity index (χ0) is 13.5. The first kappa shape index (κ1) is 13.6. The van der Waals surface area contributed by atoms with Gasteiger partial charge in [-0.2, -0.15) is 0 Å². The Kier molecular flexibility index (Phi) is 4.93. The molecule has 0 unspecified atom stereocenters. The molecule has 0 fully saturated rings. The van der Waals surface area contributed by atoms with Gasteiger partial charge in [0.25, 0.3) is 0 Å². The van der Waals surface area contributed by atoms with Crippen LogP contribution in [0, 0.1) is 5.82 Å². The summed E-state index contributed by atoms with van der Waals surface area (Å²) in [4.78, 5) is 0. The third-order valence-electron chi connectivity index (χ3n) is 2.96. The first-order valence-electron chi connectivity index (χ1n) is 6.46. The zero-order valence-electron chi connectivity index (χ0n) is 10.8. The maximum atomic E-state index is 12.8. The van der Waals surface area contributed by atoms with Gasteiger partial charge in [-0.15, -0.1) is 0 Å². The highest BCUT2D eigenvalue weighted by Crippen LogP contribution is 2.13. The fourth-order valence-electron chi connectivity index (χ4n) is 1.93. The largest absolute Gasteiger partial charge is 0.396 e. The average Bonchev–Trinajstić information content (AvgIpc) is 2.45. The monoisotopic (exact) mass is 259 g/mol. The molecule has 0 radical (unpaired) electrons. The lowest BCUT2D eigenvalue weighted by Crippen LogP contribution is -2.00. The highest BCUT2D eigenvalue weighted by atomic mass is 19.1. The van der Waals surface area contributed by atoms with Gasteiger partial charge in [0.05, 0.1) is 0 Å². The van der Waals surface area contributed by atoms with Gasteiger partial charge in [0.1, 0.15) is 5.82 Å². The predicted molar refractivity (Wildman–Crippen MR) is 75.6 cm³/mol. The van der Waals surface area contributed by atoms with Crippen LogP contribution in [0.2, 0.25) is 0 Å². The van der Waals surface area contributed by atoms with Crippen LogP contribution in [0.3, 0.4) is 0 Å². The van der Waals surface area contributed by atoms with E-state index in [1.807, 2.05) is 12.1 Å². The molecule has 0 bridgehead atoms. The summed E-state index contributed by atoms with van der Waals surface area (Å²) in [7, 11) is 0. The Bertz CT molecular complexity index is 510. The minimum atomic E-state index is -0.213. The molecule has 0 aliphatic rings. The van der Waals surface area contributed by atoms with Gasteiger partial charge in [0.2, 0.25) is 0 Å². The molecule has 0 heterocycles. The minimum absolute atomic E-state index is 0.213. The first-order valence-corrected chi connectivity index (χ1v) is 6.46. The number of nitrogens with one attached hydrogen (secondary N) is 1. The van der Waals surface area contributed by atoms with Crippen LogP contribution in [-0.2, 0) is 13.0 Å². The highest BCUT2D eigenvalue weighted by molar-refractivity contribution is 5.46. The van der Waals surface area contributed by atoms with E-state index < -0.39 is 0 Å². The summed E-state index contributed by atoms with van der Waals surface area (Å²) in [6, 6.07) is 14.6. The number of aliphatic hydroxyl groups excluding tert-OH is 1. The Balaban J connectivity index is 1.93. The van der Waals surface area contributed by atoms with Crippen LogP contribution in [0.4, 0.5) is 10.1 Å². The summed E-state index contributed by atoms with van der Waals surface area (Å²) >= 11 is 0. The van der Waals surface area contributed by atoms with Crippen molar-refractivity contribution >= 4 is 5.69 Å². The van der Waals surface area contributed by atoms with Gasteiger partial charge >= 0.3 is 0 Å². The second-order valence-corrected chi connectivity index (χ2v) is 4.51. The molecule has 0 saturated carbocycles. The van der Waals surface area contributed by atoms with E-state index in [-0.39, 0.29) is 12.4 Å². The molecular weight excluding hydrogens is 241 g/mol. The van der Waals surface area contributed by atoms with Gasteiger partial charge in [-0.3, -0.25) is 0 Å². The van der Waals surface area contributed by atoms with Crippen molar-refractivity contribution in [2.45, 2.75) is 19.4 Å².